The number of amides is 1. The summed E-state index contributed by atoms with van der Waals surface area (Å²) in [6.45, 7) is 6.50. The van der Waals surface area contributed by atoms with Crippen molar-refractivity contribution in [3.8, 4) is 0 Å². The third-order valence-electron chi connectivity index (χ3n) is 3.64. The Hall–Kier alpha value is -1.39. The number of carbonyl (C=O) groups is 1. The van der Waals surface area contributed by atoms with Crippen molar-refractivity contribution >= 4 is 11.6 Å². The summed E-state index contributed by atoms with van der Waals surface area (Å²) < 4.78 is 0. The van der Waals surface area contributed by atoms with Crippen molar-refractivity contribution in [1.82, 2.24) is 10.2 Å². The largest absolute Gasteiger partial charge is 0.310 e. The number of piperazine rings is 1. The van der Waals surface area contributed by atoms with E-state index in [4.69, 9.17) is 0 Å². The van der Waals surface area contributed by atoms with Crippen molar-refractivity contribution in [2.45, 2.75) is 19.9 Å². The molecular formula is C15H23N3O. The number of hydrogen-bond acceptors (Lipinski definition) is 3. The second-order valence-corrected chi connectivity index (χ2v) is 5.53. The molecule has 1 amide bonds. The van der Waals surface area contributed by atoms with Crippen LogP contribution in [0.1, 0.15) is 11.1 Å². The predicted molar refractivity (Wildman–Crippen MR) is 78.6 cm³/mol. The van der Waals surface area contributed by atoms with Crippen LogP contribution < -0.4 is 10.2 Å². The molecule has 4 nitrogen and oxygen atoms in total. The summed E-state index contributed by atoms with van der Waals surface area (Å²) in [7, 11) is 3.98. The van der Waals surface area contributed by atoms with Crippen LogP contribution >= 0.6 is 0 Å². The average Bonchev–Trinajstić information content (AvgIpc) is 2.35. The summed E-state index contributed by atoms with van der Waals surface area (Å²) in [6.07, 6.45) is 0. The molecule has 4 heteroatoms. The van der Waals surface area contributed by atoms with Gasteiger partial charge in [-0.15, -0.1) is 0 Å². The van der Waals surface area contributed by atoms with Gasteiger partial charge in [0.15, 0.2) is 0 Å². The van der Waals surface area contributed by atoms with Crippen molar-refractivity contribution in [2.24, 2.45) is 0 Å². The quantitative estimate of drug-likeness (QED) is 0.887. The molecule has 1 aromatic carbocycles. The molecule has 0 bridgehead atoms. The van der Waals surface area contributed by atoms with Gasteiger partial charge in [-0.05, 0) is 51.2 Å². The topological polar surface area (TPSA) is 35.6 Å². The zero-order chi connectivity index (χ0) is 14.0. The molecule has 1 N–H and O–H groups in total. The van der Waals surface area contributed by atoms with E-state index in [0.29, 0.717) is 0 Å². The fourth-order valence-corrected chi connectivity index (χ4v) is 2.39. The molecule has 1 unspecified atom stereocenters. The number of carbonyl (C=O) groups excluding carboxylic acids is 1. The lowest BCUT2D eigenvalue weighted by molar-refractivity contribution is -0.121. The van der Waals surface area contributed by atoms with Gasteiger partial charge in [-0.2, -0.15) is 0 Å². The van der Waals surface area contributed by atoms with Crippen LogP contribution in [-0.2, 0) is 4.79 Å². The standard InChI is InChI=1S/C15H23N3O/c1-11-5-6-13(9-12(11)2)18-8-7-16-14(15(18)19)10-17(3)4/h5-6,9,14,16H,7-8,10H2,1-4H3. The van der Waals surface area contributed by atoms with E-state index < -0.39 is 0 Å². The normalized spacial score (nSPS) is 20.2. The Morgan fingerprint density at radius 3 is 2.68 bits per heavy atom. The average molecular weight is 261 g/mol. The summed E-state index contributed by atoms with van der Waals surface area (Å²) in [5, 5.41) is 3.29. The third-order valence-corrected chi connectivity index (χ3v) is 3.64. The van der Waals surface area contributed by atoms with Gasteiger partial charge in [-0.25, -0.2) is 0 Å². The van der Waals surface area contributed by atoms with Gasteiger partial charge in [0.25, 0.3) is 0 Å². The molecule has 0 aromatic heterocycles. The van der Waals surface area contributed by atoms with E-state index in [1.165, 1.54) is 11.1 Å². The van der Waals surface area contributed by atoms with Crippen molar-refractivity contribution < 1.29 is 4.79 Å². The van der Waals surface area contributed by atoms with Crippen LogP contribution in [0.15, 0.2) is 18.2 Å². The Balaban J connectivity index is 2.19. The second kappa shape index (κ2) is 5.72. The summed E-state index contributed by atoms with van der Waals surface area (Å²) in [5.74, 6) is 0.170. The van der Waals surface area contributed by atoms with Gasteiger partial charge in [0.1, 0.15) is 6.04 Å². The van der Waals surface area contributed by atoms with Crippen molar-refractivity contribution in [2.75, 3.05) is 38.6 Å². The maximum Gasteiger partial charge on any atom is 0.245 e. The smallest absolute Gasteiger partial charge is 0.245 e. The Morgan fingerprint density at radius 1 is 1.32 bits per heavy atom. The minimum absolute atomic E-state index is 0.106. The molecule has 1 fully saturated rings. The molecule has 0 radical (unpaired) electrons. The number of aryl methyl sites for hydroxylation is 2. The van der Waals surface area contributed by atoms with Gasteiger partial charge < -0.3 is 15.1 Å². The second-order valence-electron chi connectivity index (χ2n) is 5.53. The third kappa shape index (κ3) is 3.14. The lowest BCUT2D eigenvalue weighted by Crippen LogP contribution is -2.58. The molecule has 0 saturated carbocycles. The molecule has 2 rings (SSSR count). The SMILES string of the molecule is Cc1ccc(N2CCNC(CN(C)C)C2=O)cc1C. The van der Waals surface area contributed by atoms with Gasteiger partial charge in [0.05, 0.1) is 0 Å². The summed E-state index contributed by atoms with van der Waals surface area (Å²) in [5.41, 5.74) is 3.50. The van der Waals surface area contributed by atoms with E-state index >= 15 is 0 Å². The molecule has 104 valence electrons. The van der Waals surface area contributed by atoms with Gasteiger partial charge in [0, 0.05) is 25.3 Å². The molecule has 1 saturated heterocycles. The fourth-order valence-electron chi connectivity index (χ4n) is 2.39. The molecule has 1 atom stereocenters. The first-order chi connectivity index (χ1) is 8.99. The summed E-state index contributed by atoms with van der Waals surface area (Å²) in [6, 6.07) is 6.12. The van der Waals surface area contributed by atoms with E-state index in [1.54, 1.807) is 0 Å². The predicted octanol–water partition coefficient (Wildman–Crippen LogP) is 1.17. The monoisotopic (exact) mass is 261 g/mol. The van der Waals surface area contributed by atoms with E-state index in [-0.39, 0.29) is 11.9 Å². The summed E-state index contributed by atoms with van der Waals surface area (Å²) in [4.78, 5) is 16.4. The molecular weight excluding hydrogens is 238 g/mol. The Bertz CT molecular complexity index is 470. The zero-order valence-corrected chi connectivity index (χ0v) is 12.2. The molecule has 0 spiro atoms. The van der Waals surface area contributed by atoms with Crippen LogP contribution in [0.4, 0.5) is 5.69 Å². The number of likely N-dealkylation sites (N-methyl/N-ethyl adjacent to an activating group) is 1. The zero-order valence-electron chi connectivity index (χ0n) is 12.2. The number of rotatable bonds is 3. The minimum atomic E-state index is -0.106. The first-order valence-corrected chi connectivity index (χ1v) is 6.76. The number of anilines is 1. The number of nitrogens with one attached hydrogen (secondary N) is 1. The van der Waals surface area contributed by atoms with Gasteiger partial charge >= 0.3 is 0 Å². The van der Waals surface area contributed by atoms with Crippen LogP contribution in [0, 0.1) is 13.8 Å². The molecule has 1 aliphatic rings. The highest BCUT2D eigenvalue weighted by Gasteiger charge is 2.29. The van der Waals surface area contributed by atoms with Crippen LogP contribution in [0.3, 0.4) is 0 Å². The van der Waals surface area contributed by atoms with Gasteiger partial charge in [-0.3, -0.25) is 4.79 Å². The maximum atomic E-state index is 12.5. The van der Waals surface area contributed by atoms with Crippen LogP contribution in [0.2, 0.25) is 0 Å². The molecule has 1 aromatic rings. The molecule has 19 heavy (non-hydrogen) atoms. The summed E-state index contributed by atoms with van der Waals surface area (Å²) >= 11 is 0. The Morgan fingerprint density at radius 2 is 2.05 bits per heavy atom. The van der Waals surface area contributed by atoms with Crippen LogP contribution in [0.25, 0.3) is 0 Å². The maximum absolute atomic E-state index is 12.5. The van der Waals surface area contributed by atoms with Crippen molar-refractivity contribution in [3.05, 3.63) is 29.3 Å². The minimum Gasteiger partial charge on any atom is -0.310 e. The lowest BCUT2D eigenvalue weighted by atomic mass is 10.1. The molecule has 1 aliphatic heterocycles. The number of nitrogens with zero attached hydrogens (tertiary/aromatic N) is 2. The van der Waals surface area contributed by atoms with Crippen LogP contribution in [-0.4, -0.2) is 50.6 Å². The Labute approximate surface area is 115 Å². The molecule has 1 heterocycles. The lowest BCUT2D eigenvalue weighted by Gasteiger charge is -2.34. The van der Waals surface area contributed by atoms with Gasteiger partial charge in [0.2, 0.25) is 5.91 Å². The van der Waals surface area contributed by atoms with Crippen molar-refractivity contribution in [1.29, 1.82) is 0 Å². The fraction of sp³-hybridized carbons (Fsp3) is 0.533. The highest BCUT2D eigenvalue weighted by Crippen LogP contribution is 2.20. The first-order valence-electron chi connectivity index (χ1n) is 6.76. The number of benzene rings is 1. The first kappa shape index (κ1) is 14.0. The van der Waals surface area contributed by atoms with Crippen molar-refractivity contribution in [3.63, 3.8) is 0 Å². The van der Waals surface area contributed by atoms with E-state index in [9.17, 15) is 4.79 Å². The molecule has 0 aliphatic carbocycles. The highest BCUT2D eigenvalue weighted by molar-refractivity contribution is 5.98. The van der Waals surface area contributed by atoms with E-state index in [1.807, 2.05) is 30.0 Å². The van der Waals surface area contributed by atoms with E-state index in [0.717, 1.165) is 25.3 Å². The number of hydrogen-bond donors (Lipinski definition) is 1. The highest BCUT2D eigenvalue weighted by atomic mass is 16.2. The van der Waals surface area contributed by atoms with Crippen LogP contribution in [0.5, 0.6) is 0 Å². The Kier molecular flexibility index (Phi) is 4.22. The van der Waals surface area contributed by atoms with E-state index in [2.05, 4.69) is 31.3 Å². The van der Waals surface area contributed by atoms with Gasteiger partial charge in [-0.1, -0.05) is 6.07 Å².